The predicted molar refractivity (Wildman–Crippen MR) is 91.8 cm³/mol. The molecule has 0 aliphatic carbocycles. The highest BCUT2D eigenvalue weighted by Crippen LogP contribution is 2.31. The van der Waals surface area contributed by atoms with Crippen LogP contribution in [-0.4, -0.2) is 12.5 Å². The number of halogens is 2. The van der Waals surface area contributed by atoms with Gasteiger partial charge in [-0.05, 0) is 72.4 Å². The first-order valence-electron chi connectivity index (χ1n) is 7.59. The molecule has 2 aromatic rings. The van der Waals surface area contributed by atoms with E-state index >= 15 is 0 Å². The summed E-state index contributed by atoms with van der Waals surface area (Å²) in [6.45, 7) is 2.72. The van der Waals surface area contributed by atoms with Crippen LogP contribution >= 0.6 is 11.6 Å². The molecular formula is C19H17ClFNO. The van der Waals surface area contributed by atoms with Crippen LogP contribution in [-0.2, 0) is 4.79 Å². The summed E-state index contributed by atoms with van der Waals surface area (Å²) in [5, 5.41) is 3.45. The van der Waals surface area contributed by atoms with Gasteiger partial charge in [-0.3, -0.25) is 4.79 Å². The third-order valence-corrected chi connectivity index (χ3v) is 4.32. The summed E-state index contributed by atoms with van der Waals surface area (Å²) < 4.78 is 13.1. The van der Waals surface area contributed by atoms with Gasteiger partial charge in [0.05, 0.1) is 0 Å². The number of nitrogens with one attached hydrogen (secondary N) is 1. The minimum atomic E-state index is -0.269. The number of carbonyl (C=O) groups is 1. The van der Waals surface area contributed by atoms with Gasteiger partial charge in [-0.25, -0.2) is 4.39 Å². The largest absolute Gasteiger partial charge is 0.352 e. The topological polar surface area (TPSA) is 29.1 Å². The molecule has 1 aliphatic heterocycles. The summed E-state index contributed by atoms with van der Waals surface area (Å²) in [5.41, 5.74) is 4.56. The molecule has 0 saturated carbocycles. The van der Waals surface area contributed by atoms with Crippen molar-refractivity contribution in [1.82, 2.24) is 5.32 Å². The Labute approximate surface area is 140 Å². The number of piperidine rings is 1. The lowest BCUT2D eigenvalue weighted by Gasteiger charge is -2.16. The van der Waals surface area contributed by atoms with Gasteiger partial charge in [0.2, 0.25) is 5.91 Å². The van der Waals surface area contributed by atoms with Crippen LogP contribution in [0, 0.1) is 12.7 Å². The van der Waals surface area contributed by atoms with E-state index in [1.807, 2.05) is 25.1 Å². The first kappa shape index (κ1) is 15.8. The van der Waals surface area contributed by atoms with Crippen molar-refractivity contribution < 1.29 is 9.18 Å². The van der Waals surface area contributed by atoms with E-state index in [1.54, 1.807) is 12.1 Å². The van der Waals surface area contributed by atoms with Crippen molar-refractivity contribution in [1.29, 1.82) is 0 Å². The fraction of sp³-hybridized carbons (Fsp3) is 0.211. The summed E-state index contributed by atoms with van der Waals surface area (Å²) in [7, 11) is 0. The first-order valence-corrected chi connectivity index (χ1v) is 7.97. The molecule has 0 aromatic heterocycles. The third kappa shape index (κ3) is 3.45. The molecule has 1 saturated heterocycles. The molecule has 0 unspecified atom stereocenters. The van der Waals surface area contributed by atoms with Crippen LogP contribution in [0.1, 0.15) is 24.0 Å². The quantitative estimate of drug-likeness (QED) is 0.792. The molecule has 0 bridgehead atoms. The lowest BCUT2D eigenvalue weighted by atomic mass is 9.94. The van der Waals surface area contributed by atoms with Gasteiger partial charge < -0.3 is 5.32 Å². The van der Waals surface area contributed by atoms with Crippen molar-refractivity contribution in [3.63, 3.8) is 0 Å². The van der Waals surface area contributed by atoms with E-state index in [-0.39, 0.29) is 11.7 Å². The van der Waals surface area contributed by atoms with E-state index in [0.29, 0.717) is 5.02 Å². The molecule has 118 valence electrons. The number of amides is 1. The molecule has 1 N–H and O–H groups in total. The maximum absolute atomic E-state index is 13.1. The molecule has 0 spiro atoms. The highest BCUT2D eigenvalue weighted by molar-refractivity contribution is 6.31. The Balaban J connectivity index is 2.07. The van der Waals surface area contributed by atoms with Crippen molar-refractivity contribution in [3.8, 4) is 11.1 Å². The van der Waals surface area contributed by atoms with Gasteiger partial charge in [-0.1, -0.05) is 23.7 Å². The van der Waals surface area contributed by atoms with Crippen LogP contribution in [0.25, 0.3) is 17.2 Å². The Bertz CT molecular complexity index is 781. The molecule has 3 rings (SSSR count). The van der Waals surface area contributed by atoms with Crippen LogP contribution in [0.5, 0.6) is 0 Å². The molecule has 23 heavy (non-hydrogen) atoms. The zero-order valence-electron chi connectivity index (χ0n) is 12.8. The molecular weight excluding hydrogens is 313 g/mol. The molecule has 1 amide bonds. The summed E-state index contributed by atoms with van der Waals surface area (Å²) in [4.78, 5) is 11.9. The lowest BCUT2D eigenvalue weighted by molar-refractivity contribution is -0.118. The Morgan fingerprint density at radius 2 is 1.96 bits per heavy atom. The Morgan fingerprint density at radius 3 is 2.65 bits per heavy atom. The molecule has 4 heteroatoms. The summed E-state index contributed by atoms with van der Waals surface area (Å²) in [5.74, 6) is -0.284. The maximum atomic E-state index is 13.1. The third-order valence-electron chi connectivity index (χ3n) is 4.10. The molecule has 2 nitrogen and oxygen atoms in total. The van der Waals surface area contributed by atoms with Gasteiger partial charge in [0, 0.05) is 17.1 Å². The fourth-order valence-corrected chi connectivity index (χ4v) is 3.04. The number of benzene rings is 2. The van der Waals surface area contributed by atoms with Crippen LogP contribution in [0.3, 0.4) is 0 Å². The van der Waals surface area contributed by atoms with Crippen LogP contribution in [0.2, 0.25) is 5.02 Å². The van der Waals surface area contributed by atoms with Crippen molar-refractivity contribution in [3.05, 3.63) is 63.9 Å². The van der Waals surface area contributed by atoms with Gasteiger partial charge in [0.15, 0.2) is 0 Å². The first-order chi connectivity index (χ1) is 11.0. The van der Waals surface area contributed by atoms with Crippen LogP contribution in [0.15, 0.2) is 42.0 Å². The van der Waals surface area contributed by atoms with Gasteiger partial charge in [-0.2, -0.15) is 0 Å². The molecule has 2 aromatic carbocycles. The van der Waals surface area contributed by atoms with Crippen molar-refractivity contribution >= 4 is 23.6 Å². The minimum absolute atomic E-state index is 0.0149. The Morgan fingerprint density at radius 1 is 1.22 bits per heavy atom. The second-order valence-electron chi connectivity index (χ2n) is 5.70. The van der Waals surface area contributed by atoms with Gasteiger partial charge in [0.25, 0.3) is 0 Å². The molecule has 0 radical (unpaired) electrons. The van der Waals surface area contributed by atoms with E-state index in [1.165, 1.54) is 12.1 Å². The zero-order valence-corrected chi connectivity index (χ0v) is 13.6. The highest BCUT2D eigenvalue weighted by Gasteiger charge is 2.15. The molecule has 1 fully saturated rings. The predicted octanol–water partition coefficient (Wildman–Crippen LogP) is 4.75. The van der Waals surface area contributed by atoms with Crippen molar-refractivity contribution in [2.45, 2.75) is 19.8 Å². The van der Waals surface area contributed by atoms with Gasteiger partial charge >= 0.3 is 0 Å². The Kier molecular flexibility index (Phi) is 4.49. The van der Waals surface area contributed by atoms with Crippen LogP contribution < -0.4 is 5.32 Å². The van der Waals surface area contributed by atoms with Crippen molar-refractivity contribution in [2.24, 2.45) is 0 Å². The van der Waals surface area contributed by atoms with E-state index in [9.17, 15) is 9.18 Å². The molecule has 0 atom stereocenters. The standard InChI is InChI=1S/C19H17ClFNO/c1-12-15(9-14-3-2-8-22-19(14)23)10-16(20)11-18(12)13-4-6-17(21)7-5-13/h4-7,9-11H,2-3,8H2,1H3,(H,22,23)/b14-9+. The SMILES string of the molecule is Cc1c(/C=C2\CCCNC2=O)cc(Cl)cc1-c1ccc(F)cc1. The summed E-state index contributed by atoms with van der Waals surface area (Å²) in [6.07, 6.45) is 3.62. The monoisotopic (exact) mass is 329 g/mol. The van der Waals surface area contributed by atoms with E-state index in [2.05, 4.69) is 5.32 Å². The van der Waals surface area contributed by atoms with Crippen LogP contribution in [0.4, 0.5) is 4.39 Å². The summed E-state index contributed by atoms with van der Waals surface area (Å²) >= 11 is 6.25. The van der Waals surface area contributed by atoms with E-state index in [4.69, 9.17) is 11.6 Å². The fourth-order valence-electron chi connectivity index (χ4n) is 2.81. The smallest absolute Gasteiger partial charge is 0.247 e. The number of carbonyl (C=O) groups excluding carboxylic acids is 1. The zero-order chi connectivity index (χ0) is 16.4. The normalized spacial score (nSPS) is 16.5. The molecule has 1 heterocycles. The number of rotatable bonds is 2. The average Bonchev–Trinajstić information content (AvgIpc) is 2.53. The number of hydrogen-bond donors (Lipinski definition) is 1. The maximum Gasteiger partial charge on any atom is 0.247 e. The Hall–Kier alpha value is -2.13. The highest BCUT2D eigenvalue weighted by atomic mass is 35.5. The lowest BCUT2D eigenvalue weighted by Crippen LogP contribution is -2.30. The van der Waals surface area contributed by atoms with E-state index < -0.39 is 0 Å². The van der Waals surface area contributed by atoms with Crippen molar-refractivity contribution in [2.75, 3.05) is 6.54 Å². The van der Waals surface area contributed by atoms with Gasteiger partial charge in [-0.15, -0.1) is 0 Å². The second-order valence-corrected chi connectivity index (χ2v) is 6.14. The average molecular weight is 330 g/mol. The second kappa shape index (κ2) is 6.55. The van der Waals surface area contributed by atoms with E-state index in [0.717, 1.165) is 47.2 Å². The molecule has 1 aliphatic rings. The summed E-state index contributed by atoms with van der Waals surface area (Å²) in [6, 6.07) is 10.1. The minimum Gasteiger partial charge on any atom is -0.352 e. The number of hydrogen-bond acceptors (Lipinski definition) is 1. The van der Waals surface area contributed by atoms with Gasteiger partial charge in [0.1, 0.15) is 5.82 Å².